The van der Waals surface area contributed by atoms with Gasteiger partial charge in [0.2, 0.25) is 0 Å². The number of fused-ring (bicyclic) bond motifs is 1. The van der Waals surface area contributed by atoms with E-state index in [4.69, 9.17) is 4.98 Å². The first-order valence-corrected chi connectivity index (χ1v) is 11.4. The van der Waals surface area contributed by atoms with E-state index in [2.05, 4.69) is 15.4 Å². The summed E-state index contributed by atoms with van der Waals surface area (Å²) in [4.78, 5) is 24.4. The van der Waals surface area contributed by atoms with Crippen molar-refractivity contribution < 1.29 is 4.79 Å². The number of carbonyl (C=O) groups excluding carboxylic acids is 1. The van der Waals surface area contributed by atoms with Gasteiger partial charge in [-0.25, -0.2) is 9.67 Å². The van der Waals surface area contributed by atoms with Gasteiger partial charge in [-0.05, 0) is 41.5 Å². The molecule has 35 heavy (non-hydrogen) atoms. The summed E-state index contributed by atoms with van der Waals surface area (Å²) in [5.41, 5.74) is 6.11. The lowest BCUT2D eigenvalue weighted by Crippen LogP contribution is -2.23. The molecule has 174 valence electrons. The number of benzene rings is 2. The first-order chi connectivity index (χ1) is 17.1. The first kappa shape index (κ1) is 22.3. The second-order valence-electron chi connectivity index (χ2n) is 8.56. The maximum Gasteiger partial charge on any atom is 0.252 e. The molecular formula is C28H26N6O. The number of rotatable bonds is 7. The van der Waals surface area contributed by atoms with Gasteiger partial charge in [0.15, 0.2) is 5.65 Å². The molecule has 0 unspecified atom stereocenters. The fourth-order valence-electron chi connectivity index (χ4n) is 3.96. The SMILES string of the molecule is CN(C)c1ccc(CNC(=O)c2cc(-c3ccccc3)nc3c2cnn3Cc2ccncc2)cc1. The zero-order valence-corrected chi connectivity index (χ0v) is 19.7. The molecule has 2 aromatic carbocycles. The van der Waals surface area contributed by atoms with Crippen LogP contribution in [0.4, 0.5) is 5.69 Å². The van der Waals surface area contributed by atoms with Crippen LogP contribution in [0.15, 0.2) is 91.4 Å². The van der Waals surface area contributed by atoms with Crippen LogP contribution in [0, 0.1) is 0 Å². The first-order valence-electron chi connectivity index (χ1n) is 11.4. The number of amides is 1. The van der Waals surface area contributed by atoms with Crippen molar-refractivity contribution in [2.45, 2.75) is 13.1 Å². The Balaban J connectivity index is 1.48. The topological polar surface area (TPSA) is 75.9 Å². The van der Waals surface area contributed by atoms with Crippen molar-refractivity contribution in [3.63, 3.8) is 0 Å². The summed E-state index contributed by atoms with van der Waals surface area (Å²) in [6.07, 6.45) is 5.24. The van der Waals surface area contributed by atoms with Gasteiger partial charge in [-0.2, -0.15) is 5.10 Å². The summed E-state index contributed by atoms with van der Waals surface area (Å²) in [6, 6.07) is 23.8. The summed E-state index contributed by atoms with van der Waals surface area (Å²) in [5, 5.41) is 8.35. The molecule has 0 radical (unpaired) electrons. The van der Waals surface area contributed by atoms with Gasteiger partial charge in [-0.1, -0.05) is 42.5 Å². The number of nitrogens with zero attached hydrogens (tertiary/aromatic N) is 5. The van der Waals surface area contributed by atoms with E-state index in [9.17, 15) is 4.79 Å². The lowest BCUT2D eigenvalue weighted by Gasteiger charge is -2.13. The van der Waals surface area contributed by atoms with Crippen LogP contribution in [0.1, 0.15) is 21.5 Å². The van der Waals surface area contributed by atoms with Crippen molar-refractivity contribution in [1.29, 1.82) is 0 Å². The highest BCUT2D eigenvalue weighted by molar-refractivity contribution is 6.06. The Morgan fingerprint density at radius 2 is 1.69 bits per heavy atom. The minimum absolute atomic E-state index is 0.158. The standard InChI is InChI=1S/C28H26N6O/c1-33(2)23-10-8-20(9-11-23)17-30-28(35)24-16-26(22-6-4-3-5-7-22)32-27-25(24)18-31-34(27)19-21-12-14-29-15-13-21/h3-16,18H,17,19H2,1-2H3,(H,30,35). The predicted octanol–water partition coefficient (Wildman–Crippen LogP) is 4.54. The van der Waals surface area contributed by atoms with Gasteiger partial charge < -0.3 is 10.2 Å². The number of pyridine rings is 2. The Bertz CT molecular complexity index is 1440. The largest absolute Gasteiger partial charge is 0.378 e. The van der Waals surface area contributed by atoms with Crippen molar-refractivity contribution in [1.82, 2.24) is 25.1 Å². The van der Waals surface area contributed by atoms with Crippen molar-refractivity contribution >= 4 is 22.6 Å². The molecule has 1 amide bonds. The van der Waals surface area contributed by atoms with Crippen LogP contribution in [0.25, 0.3) is 22.3 Å². The quantitative estimate of drug-likeness (QED) is 0.384. The molecule has 0 saturated carbocycles. The molecule has 0 fully saturated rings. The Kier molecular flexibility index (Phi) is 6.22. The van der Waals surface area contributed by atoms with Crippen molar-refractivity contribution in [2.24, 2.45) is 0 Å². The summed E-state index contributed by atoms with van der Waals surface area (Å²) in [6.45, 7) is 0.971. The van der Waals surface area contributed by atoms with E-state index < -0.39 is 0 Å². The highest BCUT2D eigenvalue weighted by Crippen LogP contribution is 2.25. The third-order valence-corrected chi connectivity index (χ3v) is 5.91. The predicted molar refractivity (Wildman–Crippen MR) is 138 cm³/mol. The van der Waals surface area contributed by atoms with Gasteiger partial charge in [0.1, 0.15) is 0 Å². The number of anilines is 1. The van der Waals surface area contributed by atoms with Crippen LogP contribution in [0.3, 0.4) is 0 Å². The van der Waals surface area contributed by atoms with Crippen molar-refractivity contribution in [3.05, 3.63) is 108 Å². The molecule has 0 saturated heterocycles. The monoisotopic (exact) mass is 462 g/mol. The number of carbonyl (C=O) groups is 1. The fourth-order valence-corrected chi connectivity index (χ4v) is 3.96. The molecule has 0 aliphatic carbocycles. The highest BCUT2D eigenvalue weighted by Gasteiger charge is 2.18. The molecule has 0 aliphatic heterocycles. The minimum Gasteiger partial charge on any atom is -0.378 e. The van der Waals surface area contributed by atoms with Gasteiger partial charge in [0.25, 0.3) is 5.91 Å². The minimum atomic E-state index is -0.158. The number of hydrogen-bond donors (Lipinski definition) is 1. The average molecular weight is 463 g/mol. The van der Waals surface area contributed by atoms with E-state index in [0.29, 0.717) is 24.3 Å². The number of nitrogens with one attached hydrogen (secondary N) is 1. The second-order valence-corrected chi connectivity index (χ2v) is 8.56. The van der Waals surface area contributed by atoms with E-state index in [0.717, 1.165) is 33.5 Å². The molecule has 0 atom stereocenters. The van der Waals surface area contributed by atoms with E-state index in [1.165, 1.54) is 0 Å². The lowest BCUT2D eigenvalue weighted by atomic mass is 10.1. The van der Waals surface area contributed by atoms with E-state index in [1.54, 1.807) is 18.6 Å². The second kappa shape index (κ2) is 9.77. The molecule has 3 aromatic heterocycles. The van der Waals surface area contributed by atoms with Crippen molar-refractivity contribution in [2.75, 3.05) is 19.0 Å². The highest BCUT2D eigenvalue weighted by atomic mass is 16.1. The van der Waals surface area contributed by atoms with E-state index in [-0.39, 0.29) is 5.91 Å². The van der Waals surface area contributed by atoms with Gasteiger partial charge in [-0.3, -0.25) is 9.78 Å². The summed E-state index contributed by atoms with van der Waals surface area (Å²) < 4.78 is 1.83. The Hall–Kier alpha value is -4.52. The maximum absolute atomic E-state index is 13.4. The van der Waals surface area contributed by atoms with E-state index in [1.807, 2.05) is 96.5 Å². The molecule has 5 aromatic rings. The van der Waals surface area contributed by atoms with Gasteiger partial charge >= 0.3 is 0 Å². The molecule has 1 N–H and O–H groups in total. The number of aromatic nitrogens is 4. The summed E-state index contributed by atoms with van der Waals surface area (Å²) >= 11 is 0. The van der Waals surface area contributed by atoms with Crippen LogP contribution >= 0.6 is 0 Å². The zero-order chi connectivity index (χ0) is 24.2. The van der Waals surface area contributed by atoms with Crippen LogP contribution in [-0.2, 0) is 13.1 Å². The molecule has 7 heteroatoms. The molecule has 0 aliphatic rings. The average Bonchev–Trinajstić information content (AvgIpc) is 3.30. The van der Waals surface area contributed by atoms with Crippen molar-refractivity contribution in [3.8, 4) is 11.3 Å². The molecule has 3 heterocycles. The third kappa shape index (κ3) is 4.89. The van der Waals surface area contributed by atoms with Crippen LogP contribution in [-0.4, -0.2) is 39.8 Å². The van der Waals surface area contributed by atoms with Crippen LogP contribution in [0.5, 0.6) is 0 Å². The molecule has 5 rings (SSSR count). The number of hydrogen-bond acceptors (Lipinski definition) is 5. The van der Waals surface area contributed by atoms with E-state index >= 15 is 0 Å². The summed E-state index contributed by atoms with van der Waals surface area (Å²) in [5.74, 6) is -0.158. The lowest BCUT2D eigenvalue weighted by molar-refractivity contribution is 0.0952. The smallest absolute Gasteiger partial charge is 0.252 e. The van der Waals surface area contributed by atoms with Gasteiger partial charge in [0.05, 0.1) is 29.4 Å². The normalized spacial score (nSPS) is 10.9. The molecular weight excluding hydrogens is 436 g/mol. The van der Waals surface area contributed by atoms with Gasteiger partial charge in [0, 0.05) is 44.3 Å². The molecule has 0 spiro atoms. The zero-order valence-electron chi connectivity index (χ0n) is 19.7. The maximum atomic E-state index is 13.4. The molecule has 7 nitrogen and oxygen atoms in total. The Morgan fingerprint density at radius 1 is 0.943 bits per heavy atom. The summed E-state index contributed by atoms with van der Waals surface area (Å²) in [7, 11) is 4.01. The Labute approximate surface area is 204 Å². The third-order valence-electron chi connectivity index (χ3n) is 5.91. The Morgan fingerprint density at radius 3 is 2.40 bits per heavy atom. The molecule has 0 bridgehead atoms. The fraction of sp³-hybridized carbons (Fsp3) is 0.143. The van der Waals surface area contributed by atoms with Crippen LogP contribution < -0.4 is 10.2 Å². The van der Waals surface area contributed by atoms with Crippen LogP contribution in [0.2, 0.25) is 0 Å². The van der Waals surface area contributed by atoms with Gasteiger partial charge in [-0.15, -0.1) is 0 Å².